The molecule has 1 fully saturated rings. The topological polar surface area (TPSA) is 69.6 Å². The van der Waals surface area contributed by atoms with E-state index in [1.165, 1.54) is 0 Å². The molecule has 5 nitrogen and oxygen atoms in total. The summed E-state index contributed by atoms with van der Waals surface area (Å²) >= 11 is 0. The summed E-state index contributed by atoms with van der Waals surface area (Å²) in [5, 5.41) is 12.0. The lowest BCUT2D eigenvalue weighted by Gasteiger charge is -2.30. The van der Waals surface area contributed by atoms with Crippen LogP contribution in [0.4, 0.5) is 0 Å². The predicted molar refractivity (Wildman–Crippen MR) is 69.2 cm³/mol. The number of carbonyl (C=O) groups is 2. The Morgan fingerprint density at radius 3 is 2.61 bits per heavy atom. The lowest BCUT2D eigenvalue weighted by Crippen LogP contribution is -2.45. The van der Waals surface area contributed by atoms with E-state index in [1.807, 2.05) is 13.0 Å². The van der Waals surface area contributed by atoms with E-state index >= 15 is 0 Å². The van der Waals surface area contributed by atoms with Gasteiger partial charge in [-0.05, 0) is 26.2 Å². The largest absolute Gasteiger partial charge is 0.481 e. The number of amides is 1. The lowest BCUT2D eigenvalue weighted by atomic mass is 9.97. The quantitative estimate of drug-likeness (QED) is 0.690. The smallest absolute Gasteiger partial charge is 0.306 e. The van der Waals surface area contributed by atoms with Gasteiger partial charge >= 0.3 is 5.97 Å². The van der Waals surface area contributed by atoms with Crippen molar-refractivity contribution in [3.63, 3.8) is 0 Å². The van der Waals surface area contributed by atoms with E-state index in [1.54, 1.807) is 4.90 Å². The van der Waals surface area contributed by atoms with E-state index in [-0.39, 0.29) is 17.9 Å². The molecule has 1 atom stereocenters. The van der Waals surface area contributed by atoms with Gasteiger partial charge in [0.2, 0.25) is 5.91 Å². The number of likely N-dealkylation sites (tertiary alicyclic amines) is 1. The lowest BCUT2D eigenvalue weighted by molar-refractivity contribution is -0.145. The molecule has 102 valence electrons. The molecular weight excluding hydrogens is 232 g/mol. The van der Waals surface area contributed by atoms with E-state index < -0.39 is 5.97 Å². The standard InChI is InChI=1S/C13H22N2O3/c1-3-4-10(2)14-9-12(16)15-7-5-11(6-8-15)13(17)18/h3,10-11,14H,1,4-9H2,2H3,(H,17,18). The summed E-state index contributed by atoms with van der Waals surface area (Å²) in [5.41, 5.74) is 0. The van der Waals surface area contributed by atoms with Gasteiger partial charge in [-0.3, -0.25) is 9.59 Å². The fourth-order valence-electron chi connectivity index (χ4n) is 2.08. The van der Waals surface area contributed by atoms with Gasteiger partial charge in [0.1, 0.15) is 0 Å². The van der Waals surface area contributed by atoms with Gasteiger partial charge in [-0.25, -0.2) is 0 Å². The van der Waals surface area contributed by atoms with Crippen LogP contribution in [0.3, 0.4) is 0 Å². The highest BCUT2D eigenvalue weighted by Gasteiger charge is 2.26. The SMILES string of the molecule is C=CCC(C)NCC(=O)N1CCC(C(=O)O)CC1. The van der Waals surface area contributed by atoms with Crippen LogP contribution in [-0.2, 0) is 9.59 Å². The molecule has 0 bridgehead atoms. The molecule has 0 spiro atoms. The normalized spacial score (nSPS) is 18.4. The van der Waals surface area contributed by atoms with Crippen LogP contribution in [0.25, 0.3) is 0 Å². The molecule has 1 unspecified atom stereocenters. The molecule has 1 saturated heterocycles. The van der Waals surface area contributed by atoms with Gasteiger partial charge in [-0.2, -0.15) is 0 Å². The summed E-state index contributed by atoms with van der Waals surface area (Å²) < 4.78 is 0. The molecule has 5 heteroatoms. The van der Waals surface area contributed by atoms with Crippen LogP contribution < -0.4 is 5.32 Å². The maximum absolute atomic E-state index is 11.9. The molecule has 1 rings (SSSR count). The van der Waals surface area contributed by atoms with E-state index in [0.717, 1.165) is 6.42 Å². The maximum Gasteiger partial charge on any atom is 0.306 e. The van der Waals surface area contributed by atoms with Crippen molar-refractivity contribution in [3.05, 3.63) is 12.7 Å². The Hall–Kier alpha value is -1.36. The fourth-order valence-corrected chi connectivity index (χ4v) is 2.08. The molecule has 1 aliphatic rings. The molecule has 0 aromatic heterocycles. The van der Waals surface area contributed by atoms with Gasteiger partial charge < -0.3 is 15.3 Å². The monoisotopic (exact) mass is 254 g/mol. The van der Waals surface area contributed by atoms with Crippen molar-refractivity contribution in [1.29, 1.82) is 0 Å². The van der Waals surface area contributed by atoms with Crippen LogP contribution >= 0.6 is 0 Å². The van der Waals surface area contributed by atoms with Gasteiger partial charge in [0.15, 0.2) is 0 Å². The molecule has 18 heavy (non-hydrogen) atoms. The third-order valence-electron chi connectivity index (χ3n) is 3.32. The first-order valence-electron chi connectivity index (χ1n) is 6.39. The second-order valence-corrected chi connectivity index (χ2v) is 4.80. The summed E-state index contributed by atoms with van der Waals surface area (Å²) in [6.45, 7) is 7.07. The van der Waals surface area contributed by atoms with Gasteiger partial charge in [0.05, 0.1) is 12.5 Å². The Labute approximate surface area is 108 Å². The third-order valence-corrected chi connectivity index (χ3v) is 3.32. The molecule has 0 aromatic rings. The first kappa shape index (κ1) is 14.7. The van der Waals surface area contributed by atoms with E-state index in [9.17, 15) is 9.59 Å². The molecule has 0 aromatic carbocycles. The van der Waals surface area contributed by atoms with E-state index in [0.29, 0.717) is 32.5 Å². The molecule has 1 amide bonds. The number of carboxylic acid groups (broad SMARTS) is 1. The summed E-state index contributed by atoms with van der Waals surface area (Å²) in [5.74, 6) is -0.990. The average Bonchev–Trinajstić information content (AvgIpc) is 2.36. The second-order valence-electron chi connectivity index (χ2n) is 4.80. The third kappa shape index (κ3) is 4.49. The van der Waals surface area contributed by atoms with Crippen molar-refractivity contribution < 1.29 is 14.7 Å². The summed E-state index contributed by atoms with van der Waals surface area (Å²) in [6.07, 6.45) is 3.77. The van der Waals surface area contributed by atoms with Crippen LogP contribution in [0, 0.1) is 5.92 Å². The summed E-state index contributed by atoms with van der Waals surface area (Å²) in [6, 6.07) is 0.239. The van der Waals surface area contributed by atoms with Gasteiger partial charge in [0, 0.05) is 19.1 Å². The minimum Gasteiger partial charge on any atom is -0.481 e. The summed E-state index contributed by atoms with van der Waals surface area (Å²) in [4.78, 5) is 24.4. The Morgan fingerprint density at radius 2 is 2.11 bits per heavy atom. The Kier molecular flexibility index (Phi) is 5.85. The highest BCUT2D eigenvalue weighted by Crippen LogP contribution is 2.17. The number of nitrogens with zero attached hydrogens (tertiary/aromatic N) is 1. The maximum atomic E-state index is 11.9. The van der Waals surface area contributed by atoms with Gasteiger partial charge in [-0.1, -0.05) is 6.08 Å². The molecule has 2 N–H and O–H groups in total. The molecule has 0 aliphatic carbocycles. The van der Waals surface area contributed by atoms with Crippen LogP contribution in [0.5, 0.6) is 0 Å². The van der Waals surface area contributed by atoms with Crippen molar-refractivity contribution in [2.75, 3.05) is 19.6 Å². The number of carboxylic acids is 1. The minimum atomic E-state index is -0.750. The average molecular weight is 254 g/mol. The van der Waals surface area contributed by atoms with Crippen molar-refractivity contribution in [2.45, 2.75) is 32.2 Å². The highest BCUT2D eigenvalue weighted by molar-refractivity contribution is 5.79. The fraction of sp³-hybridized carbons (Fsp3) is 0.692. The van der Waals surface area contributed by atoms with Crippen molar-refractivity contribution >= 4 is 11.9 Å². The first-order chi connectivity index (χ1) is 8.54. The summed E-state index contributed by atoms with van der Waals surface area (Å²) in [7, 11) is 0. The van der Waals surface area contributed by atoms with Gasteiger partial charge in [-0.15, -0.1) is 6.58 Å². The van der Waals surface area contributed by atoms with E-state index in [2.05, 4.69) is 11.9 Å². The zero-order valence-corrected chi connectivity index (χ0v) is 10.9. The molecule has 0 saturated carbocycles. The highest BCUT2D eigenvalue weighted by atomic mass is 16.4. The number of rotatable bonds is 6. The Bertz CT molecular complexity index is 309. The van der Waals surface area contributed by atoms with Crippen molar-refractivity contribution in [1.82, 2.24) is 10.2 Å². The Balaban J connectivity index is 2.27. The van der Waals surface area contributed by atoms with Crippen molar-refractivity contribution in [3.8, 4) is 0 Å². The van der Waals surface area contributed by atoms with Crippen molar-refractivity contribution in [2.24, 2.45) is 5.92 Å². The number of carbonyl (C=O) groups excluding carboxylic acids is 1. The van der Waals surface area contributed by atoms with Crippen LogP contribution in [0.2, 0.25) is 0 Å². The predicted octanol–water partition coefficient (Wildman–Crippen LogP) is 0.864. The number of piperidine rings is 1. The van der Waals surface area contributed by atoms with Gasteiger partial charge in [0.25, 0.3) is 0 Å². The number of nitrogens with one attached hydrogen (secondary N) is 1. The minimum absolute atomic E-state index is 0.0507. The van der Waals surface area contributed by atoms with Crippen LogP contribution in [-0.4, -0.2) is 47.6 Å². The molecule has 1 heterocycles. The zero-order valence-electron chi connectivity index (χ0n) is 10.9. The van der Waals surface area contributed by atoms with Crippen LogP contribution in [0.15, 0.2) is 12.7 Å². The molecule has 0 radical (unpaired) electrons. The molecule has 1 aliphatic heterocycles. The van der Waals surface area contributed by atoms with E-state index in [4.69, 9.17) is 5.11 Å². The van der Waals surface area contributed by atoms with Crippen LogP contribution in [0.1, 0.15) is 26.2 Å². The number of hydrogen-bond donors (Lipinski definition) is 2. The first-order valence-corrected chi connectivity index (χ1v) is 6.39. The number of aliphatic carboxylic acids is 1. The zero-order chi connectivity index (χ0) is 13.5. The second kappa shape index (κ2) is 7.16. The Morgan fingerprint density at radius 1 is 1.50 bits per heavy atom. The molecular formula is C13H22N2O3. The number of hydrogen-bond acceptors (Lipinski definition) is 3.